The van der Waals surface area contributed by atoms with Crippen LogP contribution in [0.2, 0.25) is 0 Å². The molecule has 3 aromatic carbocycles. The van der Waals surface area contributed by atoms with Crippen molar-refractivity contribution >= 4 is 34.7 Å². The smallest absolute Gasteiger partial charge is 0.260 e. The summed E-state index contributed by atoms with van der Waals surface area (Å²) < 4.78 is 27.6. The summed E-state index contributed by atoms with van der Waals surface area (Å²) in [4.78, 5) is 35.8. The maximum atomic E-state index is 13.3. The van der Waals surface area contributed by atoms with Crippen LogP contribution in [0.1, 0.15) is 5.56 Å². The van der Waals surface area contributed by atoms with Gasteiger partial charge in [-0.25, -0.2) is 14.4 Å². The highest BCUT2D eigenvalue weighted by atomic mass is 19.1. The highest BCUT2D eigenvalue weighted by molar-refractivity contribution is 6.16. The Morgan fingerprint density at radius 2 is 1.68 bits per heavy atom. The van der Waals surface area contributed by atoms with Gasteiger partial charge in [-0.15, -0.1) is 0 Å². The van der Waals surface area contributed by atoms with Crippen molar-refractivity contribution in [3.8, 4) is 34.1 Å². The normalized spacial score (nSPS) is 11.5. The number of fused-ring (bicyclic) bond motifs is 1. The molecule has 1 N–H and O–H groups in total. The zero-order valence-electron chi connectivity index (χ0n) is 28.2. The second kappa shape index (κ2) is 14.4. The highest BCUT2D eigenvalue weighted by Gasteiger charge is 2.24. The quantitative estimate of drug-likeness (QED) is 0.0521. The number of aromatic nitrogens is 4. The van der Waals surface area contributed by atoms with E-state index in [2.05, 4.69) is 37.4 Å². The maximum absolute atomic E-state index is 13.3. The van der Waals surface area contributed by atoms with Gasteiger partial charge in [0.15, 0.2) is 6.29 Å². The Balaban J connectivity index is 1.24. The predicted octanol–water partition coefficient (Wildman–Crippen LogP) is 6.29. The molecule has 3 heterocycles. The van der Waals surface area contributed by atoms with Crippen LogP contribution in [0.25, 0.3) is 33.6 Å². The first kappa shape index (κ1) is 33.6. The number of nitrogens with zero attached hydrogens (tertiary/aromatic N) is 7. The minimum absolute atomic E-state index is 0.114. The van der Waals surface area contributed by atoms with Gasteiger partial charge >= 0.3 is 0 Å². The molecule has 6 rings (SSSR count). The first-order valence-electron chi connectivity index (χ1n) is 15.6. The lowest BCUT2D eigenvalue weighted by Gasteiger charge is -2.29. The van der Waals surface area contributed by atoms with Gasteiger partial charge in [-0.1, -0.05) is 24.3 Å². The number of nitrogens with one attached hydrogen (secondary N) is 1. The largest absolute Gasteiger partial charge is 0.438 e. The fraction of sp³-hybridized carbons (Fsp3) is 0.162. The van der Waals surface area contributed by atoms with Crippen molar-refractivity contribution in [3.63, 3.8) is 0 Å². The van der Waals surface area contributed by atoms with Crippen LogP contribution in [0, 0.1) is 5.82 Å². The van der Waals surface area contributed by atoms with Crippen LogP contribution < -0.4 is 15.1 Å². The van der Waals surface area contributed by atoms with E-state index in [1.165, 1.54) is 24.7 Å². The molecular formula is C37H35FN8O4. The Bertz CT molecular complexity index is 2160. The lowest BCUT2D eigenvalue weighted by atomic mass is 9.99. The van der Waals surface area contributed by atoms with Crippen molar-refractivity contribution < 1.29 is 23.1 Å². The van der Waals surface area contributed by atoms with Gasteiger partial charge in [0.1, 0.15) is 29.0 Å². The Hall–Kier alpha value is -6.34. The number of carbonyl (C=O) groups is 2. The summed E-state index contributed by atoms with van der Waals surface area (Å²) in [5.74, 6) is 0.361. The summed E-state index contributed by atoms with van der Waals surface area (Å²) in [5, 5.41) is 10.9. The van der Waals surface area contributed by atoms with E-state index in [-0.39, 0.29) is 17.3 Å². The highest BCUT2D eigenvalue weighted by Crippen LogP contribution is 2.44. The Morgan fingerprint density at radius 1 is 0.960 bits per heavy atom. The first-order valence-corrected chi connectivity index (χ1v) is 15.6. The minimum atomic E-state index is -0.604. The van der Waals surface area contributed by atoms with E-state index >= 15 is 0 Å². The summed E-state index contributed by atoms with van der Waals surface area (Å²) in [6.07, 6.45) is 6.84. The number of hydrazine groups is 1. The van der Waals surface area contributed by atoms with E-state index in [0.717, 1.165) is 28.8 Å². The standard InChI is InChI=1S/C37H35FN8O4/c1-43(2)19-24-6-8-25(9-7-24)32-33-36(39-23-40-37(33)50-34(32)26-18-41-44(3)20-26)49-31-16-12-29(13-17-31)42-35(48)27(22-47)21-45(4)46(5)30-14-10-28(38)11-15-30/h6-18,20-23H,19H2,1-5H3,(H,42,48)/b27-21+. The molecule has 0 atom stereocenters. The molecule has 13 heteroatoms. The Kier molecular flexibility index (Phi) is 9.68. The zero-order chi connectivity index (χ0) is 35.4. The fourth-order valence-electron chi connectivity index (χ4n) is 5.33. The third-order valence-electron chi connectivity index (χ3n) is 7.88. The van der Waals surface area contributed by atoms with E-state index < -0.39 is 5.91 Å². The minimum Gasteiger partial charge on any atom is -0.438 e. The van der Waals surface area contributed by atoms with Gasteiger partial charge < -0.3 is 19.4 Å². The molecular weight excluding hydrogens is 639 g/mol. The molecule has 0 radical (unpaired) electrons. The lowest BCUT2D eigenvalue weighted by Crippen LogP contribution is -2.33. The topological polar surface area (TPSA) is 122 Å². The number of amides is 1. The van der Waals surface area contributed by atoms with Gasteiger partial charge in [0.25, 0.3) is 5.91 Å². The molecule has 254 valence electrons. The van der Waals surface area contributed by atoms with Crippen molar-refractivity contribution in [2.75, 3.05) is 38.5 Å². The molecule has 0 saturated carbocycles. The number of anilines is 2. The van der Waals surface area contributed by atoms with Gasteiger partial charge in [0.2, 0.25) is 11.6 Å². The van der Waals surface area contributed by atoms with E-state index in [1.54, 1.807) is 71.4 Å². The summed E-state index contributed by atoms with van der Waals surface area (Å²) in [6.45, 7) is 0.800. The number of aryl methyl sites for hydroxylation is 1. The molecule has 50 heavy (non-hydrogen) atoms. The van der Waals surface area contributed by atoms with Crippen molar-refractivity contribution in [2.45, 2.75) is 6.54 Å². The average molecular weight is 675 g/mol. The average Bonchev–Trinajstić information content (AvgIpc) is 3.72. The zero-order valence-corrected chi connectivity index (χ0v) is 28.2. The number of carbonyl (C=O) groups excluding carboxylic acids is 2. The van der Waals surface area contributed by atoms with Crippen LogP contribution in [-0.4, -0.2) is 70.0 Å². The molecule has 0 aliphatic carbocycles. The molecule has 0 fully saturated rings. The molecule has 12 nitrogen and oxygen atoms in total. The summed E-state index contributed by atoms with van der Waals surface area (Å²) >= 11 is 0. The first-order chi connectivity index (χ1) is 24.1. The number of hydrogen-bond acceptors (Lipinski definition) is 10. The Morgan fingerprint density at radius 3 is 2.32 bits per heavy atom. The summed E-state index contributed by atoms with van der Waals surface area (Å²) in [7, 11) is 9.28. The number of furan rings is 1. The van der Waals surface area contributed by atoms with Crippen LogP contribution >= 0.6 is 0 Å². The molecule has 0 spiro atoms. The van der Waals surface area contributed by atoms with Gasteiger partial charge in [-0.05, 0) is 73.8 Å². The monoisotopic (exact) mass is 674 g/mol. The predicted molar refractivity (Wildman–Crippen MR) is 189 cm³/mol. The van der Waals surface area contributed by atoms with E-state index in [0.29, 0.717) is 40.3 Å². The van der Waals surface area contributed by atoms with E-state index in [4.69, 9.17) is 9.15 Å². The number of halogens is 1. The van der Waals surface area contributed by atoms with E-state index in [9.17, 15) is 14.0 Å². The van der Waals surface area contributed by atoms with Gasteiger partial charge in [-0.2, -0.15) is 5.10 Å². The van der Waals surface area contributed by atoms with Crippen LogP contribution in [0.3, 0.4) is 0 Å². The molecule has 0 aliphatic heterocycles. The summed E-state index contributed by atoms with van der Waals surface area (Å²) in [5.41, 5.74) is 4.96. The molecule has 6 aromatic rings. The molecule has 1 amide bonds. The van der Waals surface area contributed by atoms with E-state index in [1.807, 2.05) is 39.5 Å². The lowest BCUT2D eigenvalue weighted by molar-refractivity contribution is -0.115. The molecule has 0 aliphatic rings. The van der Waals surface area contributed by atoms with Crippen LogP contribution in [-0.2, 0) is 23.2 Å². The third-order valence-corrected chi connectivity index (χ3v) is 7.88. The number of hydrogen-bond donors (Lipinski definition) is 1. The maximum Gasteiger partial charge on any atom is 0.260 e. The molecule has 0 unspecified atom stereocenters. The van der Waals surface area contributed by atoms with Gasteiger partial charge in [0, 0.05) is 51.3 Å². The molecule has 0 bridgehead atoms. The number of rotatable bonds is 12. The fourth-order valence-corrected chi connectivity index (χ4v) is 5.33. The van der Waals surface area contributed by atoms with Crippen LogP contribution in [0.15, 0.2) is 108 Å². The van der Waals surface area contributed by atoms with Crippen LogP contribution in [0.5, 0.6) is 11.6 Å². The Labute approximate surface area is 288 Å². The number of aldehydes is 1. The van der Waals surface area contributed by atoms with Crippen molar-refractivity contribution in [1.29, 1.82) is 0 Å². The van der Waals surface area contributed by atoms with Gasteiger partial charge in [0.05, 0.1) is 23.0 Å². The number of benzene rings is 3. The number of ether oxygens (including phenoxy) is 1. The van der Waals surface area contributed by atoms with Crippen molar-refractivity contribution in [2.24, 2.45) is 7.05 Å². The molecule has 0 saturated heterocycles. The van der Waals surface area contributed by atoms with Crippen molar-refractivity contribution in [3.05, 3.63) is 115 Å². The second-order valence-corrected chi connectivity index (χ2v) is 11.9. The second-order valence-electron chi connectivity index (χ2n) is 11.9. The SMILES string of the molecule is CN(C)Cc1ccc(-c2c(-c3cnn(C)c3)oc3ncnc(Oc4ccc(NC(=O)/C(C=O)=C/N(C)N(C)c5ccc(F)cc5)cc4)c23)cc1. The van der Waals surface area contributed by atoms with Gasteiger partial charge in [-0.3, -0.25) is 24.3 Å². The molecule has 3 aromatic heterocycles. The van der Waals surface area contributed by atoms with Crippen molar-refractivity contribution in [1.82, 2.24) is 29.7 Å². The van der Waals surface area contributed by atoms with Crippen LogP contribution in [0.4, 0.5) is 15.8 Å². The third kappa shape index (κ3) is 7.37. The summed E-state index contributed by atoms with van der Waals surface area (Å²) in [6, 6.07) is 20.7.